The molecule has 0 spiro atoms. The molecule has 0 aliphatic rings. The highest BCUT2D eigenvalue weighted by Gasteiger charge is 2.17. The smallest absolute Gasteiger partial charge is 0.164 e. The van der Waals surface area contributed by atoms with Crippen molar-refractivity contribution in [2.24, 2.45) is 0 Å². The van der Waals surface area contributed by atoms with Crippen molar-refractivity contribution in [2.75, 3.05) is 0 Å². The highest BCUT2D eigenvalue weighted by atomic mass is 19.1. The molecule has 0 bridgehead atoms. The van der Waals surface area contributed by atoms with Gasteiger partial charge >= 0.3 is 0 Å². The van der Waals surface area contributed by atoms with Gasteiger partial charge in [-0.3, -0.25) is 0 Å². The first-order valence-corrected chi connectivity index (χ1v) is 7.38. The van der Waals surface area contributed by atoms with E-state index < -0.39 is 11.9 Å². The Hall–Kier alpha value is -2.54. The number of aromatic nitrogens is 4. The molecule has 3 rings (SSSR count). The van der Waals surface area contributed by atoms with E-state index in [0.717, 1.165) is 12.1 Å². The Labute approximate surface area is 132 Å². The molecule has 120 valence electrons. The molecule has 2 heterocycles. The average Bonchev–Trinajstić information content (AvgIpc) is 3.17. The van der Waals surface area contributed by atoms with E-state index in [1.165, 1.54) is 12.1 Å². The van der Waals surface area contributed by atoms with Crippen LogP contribution in [0.1, 0.15) is 37.0 Å². The lowest BCUT2D eigenvalue weighted by Gasteiger charge is -2.12. The van der Waals surface area contributed by atoms with E-state index in [4.69, 9.17) is 4.52 Å². The van der Waals surface area contributed by atoms with Gasteiger partial charge in [-0.25, -0.2) is 4.39 Å². The van der Waals surface area contributed by atoms with Crippen molar-refractivity contribution in [1.82, 2.24) is 19.9 Å². The average molecular weight is 316 g/mol. The minimum atomic E-state index is -0.817. The molecule has 0 aliphatic carbocycles. The zero-order chi connectivity index (χ0) is 16.4. The highest BCUT2D eigenvalue weighted by molar-refractivity contribution is 5.61. The number of halogens is 1. The molecule has 2 aromatic heterocycles. The van der Waals surface area contributed by atoms with Gasteiger partial charge in [-0.05, 0) is 37.1 Å². The van der Waals surface area contributed by atoms with E-state index in [-0.39, 0.29) is 0 Å². The van der Waals surface area contributed by atoms with Gasteiger partial charge in [-0.2, -0.15) is 0 Å². The number of nitrogens with zero attached hydrogens (tertiary/aromatic N) is 4. The van der Waals surface area contributed by atoms with Crippen LogP contribution >= 0.6 is 0 Å². The van der Waals surface area contributed by atoms with Gasteiger partial charge in [0.15, 0.2) is 11.6 Å². The number of hydrogen-bond acceptors (Lipinski definition) is 5. The normalized spacial score (nSPS) is 12.5. The van der Waals surface area contributed by atoms with E-state index in [9.17, 15) is 9.50 Å². The van der Waals surface area contributed by atoms with Gasteiger partial charge in [0.25, 0.3) is 0 Å². The van der Waals surface area contributed by atoms with Crippen LogP contribution in [0, 0.1) is 5.82 Å². The molecule has 7 heteroatoms. The van der Waals surface area contributed by atoms with E-state index in [0.29, 0.717) is 29.3 Å². The maximum atomic E-state index is 13.5. The zero-order valence-corrected chi connectivity index (χ0v) is 12.9. The number of aliphatic hydroxyl groups is 1. The Morgan fingerprint density at radius 1 is 1.35 bits per heavy atom. The van der Waals surface area contributed by atoms with E-state index >= 15 is 0 Å². The third-order valence-corrected chi connectivity index (χ3v) is 3.62. The summed E-state index contributed by atoms with van der Waals surface area (Å²) in [5, 5.41) is 21.9. The molecule has 0 aliphatic heterocycles. The molecule has 0 saturated carbocycles. The molecule has 0 radical (unpaired) electrons. The molecule has 0 fully saturated rings. The van der Waals surface area contributed by atoms with Crippen LogP contribution in [-0.2, 0) is 13.0 Å². The fourth-order valence-electron chi connectivity index (χ4n) is 2.43. The van der Waals surface area contributed by atoms with Gasteiger partial charge in [0.05, 0.1) is 18.3 Å². The molecular formula is C16H17FN4O2. The lowest BCUT2D eigenvalue weighted by atomic mass is 10.0. The summed E-state index contributed by atoms with van der Waals surface area (Å²) in [6.07, 6.45) is 1.55. The molecule has 6 nitrogen and oxygen atoms in total. The van der Waals surface area contributed by atoms with Crippen molar-refractivity contribution in [3.63, 3.8) is 0 Å². The summed E-state index contributed by atoms with van der Waals surface area (Å²) >= 11 is 0. The fourth-order valence-corrected chi connectivity index (χ4v) is 2.43. The van der Waals surface area contributed by atoms with Crippen molar-refractivity contribution in [2.45, 2.75) is 32.9 Å². The first-order chi connectivity index (χ1) is 11.1. The summed E-state index contributed by atoms with van der Waals surface area (Å²) in [5.41, 5.74) is 1.97. The predicted octanol–water partition coefficient (Wildman–Crippen LogP) is 2.74. The lowest BCUT2D eigenvalue weighted by molar-refractivity contribution is 0.199. The van der Waals surface area contributed by atoms with Crippen LogP contribution in [0.5, 0.6) is 0 Å². The molecule has 0 amide bonds. The van der Waals surface area contributed by atoms with Crippen molar-refractivity contribution in [3.8, 4) is 11.4 Å². The SMILES string of the molecule is CCc1cc(Cn2cnnc2-c2ccc(F)cc2C(C)O)on1. The molecule has 1 aromatic carbocycles. The Bertz CT molecular complexity index is 810. The minimum absolute atomic E-state index is 0.404. The molecule has 1 unspecified atom stereocenters. The summed E-state index contributed by atoms with van der Waals surface area (Å²) in [7, 11) is 0. The number of benzene rings is 1. The first-order valence-electron chi connectivity index (χ1n) is 7.38. The Morgan fingerprint density at radius 3 is 2.87 bits per heavy atom. The van der Waals surface area contributed by atoms with E-state index in [2.05, 4.69) is 15.4 Å². The van der Waals surface area contributed by atoms with Gasteiger partial charge < -0.3 is 14.2 Å². The number of hydrogen-bond donors (Lipinski definition) is 1. The maximum Gasteiger partial charge on any atom is 0.164 e. The fraction of sp³-hybridized carbons (Fsp3) is 0.312. The molecule has 0 saturated heterocycles. The Morgan fingerprint density at radius 2 is 2.17 bits per heavy atom. The first kappa shape index (κ1) is 15.4. The van der Waals surface area contributed by atoms with Crippen LogP contribution in [-0.4, -0.2) is 25.0 Å². The van der Waals surface area contributed by atoms with Crippen molar-refractivity contribution >= 4 is 0 Å². The van der Waals surface area contributed by atoms with Crippen LogP contribution in [0.15, 0.2) is 35.1 Å². The summed E-state index contributed by atoms with van der Waals surface area (Å²) in [6.45, 7) is 3.99. The second kappa shape index (κ2) is 6.29. The Balaban J connectivity index is 1.98. The lowest BCUT2D eigenvalue weighted by Crippen LogP contribution is -2.04. The maximum absolute atomic E-state index is 13.5. The zero-order valence-electron chi connectivity index (χ0n) is 12.9. The summed E-state index contributed by atoms with van der Waals surface area (Å²) in [5.74, 6) is 0.817. The van der Waals surface area contributed by atoms with Gasteiger partial charge in [-0.15, -0.1) is 10.2 Å². The van der Waals surface area contributed by atoms with Crippen LogP contribution in [0.25, 0.3) is 11.4 Å². The minimum Gasteiger partial charge on any atom is -0.389 e. The molecule has 3 aromatic rings. The number of rotatable bonds is 5. The Kier molecular flexibility index (Phi) is 4.20. The van der Waals surface area contributed by atoms with Gasteiger partial charge in [0.1, 0.15) is 12.1 Å². The molecule has 23 heavy (non-hydrogen) atoms. The van der Waals surface area contributed by atoms with Crippen LogP contribution in [0.2, 0.25) is 0 Å². The second-order valence-corrected chi connectivity index (χ2v) is 5.33. The van der Waals surface area contributed by atoms with Gasteiger partial charge in [0, 0.05) is 11.6 Å². The van der Waals surface area contributed by atoms with E-state index in [1.54, 1.807) is 23.9 Å². The number of aryl methyl sites for hydroxylation is 1. The van der Waals surface area contributed by atoms with Crippen LogP contribution in [0.4, 0.5) is 4.39 Å². The molecule has 1 atom stereocenters. The monoisotopic (exact) mass is 316 g/mol. The van der Waals surface area contributed by atoms with E-state index in [1.807, 2.05) is 13.0 Å². The quantitative estimate of drug-likeness (QED) is 0.783. The largest absolute Gasteiger partial charge is 0.389 e. The van der Waals surface area contributed by atoms with Gasteiger partial charge in [0.2, 0.25) is 0 Å². The van der Waals surface area contributed by atoms with Crippen LogP contribution in [0.3, 0.4) is 0 Å². The predicted molar refractivity (Wildman–Crippen MR) is 81.0 cm³/mol. The van der Waals surface area contributed by atoms with Gasteiger partial charge in [-0.1, -0.05) is 12.1 Å². The van der Waals surface area contributed by atoms with Crippen molar-refractivity contribution in [1.29, 1.82) is 0 Å². The third kappa shape index (κ3) is 3.14. The topological polar surface area (TPSA) is 77.0 Å². The summed E-state index contributed by atoms with van der Waals surface area (Å²) < 4.78 is 20.5. The summed E-state index contributed by atoms with van der Waals surface area (Å²) in [4.78, 5) is 0. The standard InChI is InChI=1S/C16H17FN4O2/c1-3-12-7-13(23-20-12)8-21-9-18-19-16(21)14-5-4-11(17)6-15(14)10(2)22/h4-7,9-10,22H,3,8H2,1-2H3. The molecular weight excluding hydrogens is 299 g/mol. The summed E-state index contributed by atoms with van der Waals surface area (Å²) in [6, 6.07) is 6.12. The number of aliphatic hydroxyl groups excluding tert-OH is 1. The molecule has 1 N–H and O–H groups in total. The second-order valence-electron chi connectivity index (χ2n) is 5.33. The van der Waals surface area contributed by atoms with Crippen LogP contribution < -0.4 is 0 Å². The van der Waals surface area contributed by atoms with Crippen molar-refractivity contribution < 1.29 is 14.0 Å². The third-order valence-electron chi connectivity index (χ3n) is 3.62. The highest BCUT2D eigenvalue weighted by Crippen LogP contribution is 2.28. The van der Waals surface area contributed by atoms with Crippen molar-refractivity contribution in [3.05, 3.63) is 53.4 Å².